The summed E-state index contributed by atoms with van der Waals surface area (Å²) in [4.78, 5) is 12.8. The van der Waals surface area contributed by atoms with Crippen LogP contribution in [0.4, 0.5) is 0 Å². The molecule has 1 rings (SSSR count). The van der Waals surface area contributed by atoms with Crippen LogP contribution >= 0.6 is 0 Å². The molecule has 0 saturated carbocycles. The van der Waals surface area contributed by atoms with Gasteiger partial charge in [0.2, 0.25) is 0 Å². The van der Waals surface area contributed by atoms with Gasteiger partial charge in [-0.3, -0.25) is 9.69 Å². The Balaban J connectivity index is 2.58. The normalized spacial score (nSPS) is 30.8. The highest BCUT2D eigenvalue weighted by atomic mass is 16.4. The van der Waals surface area contributed by atoms with Gasteiger partial charge < -0.3 is 10.2 Å². The van der Waals surface area contributed by atoms with Crippen LogP contribution in [0.15, 0.2) is 0 Å². The van der Waals surface area contributed by atoms with Crippen molar-refractivity contribution in [1.29, 1.82) is 0 Å². The SMILES string of the molecule is CC(C)N1CC[C@@H](O)[C@H](C(=O)O)C1. The van der Waals surface area contributed by atoms with Crippen LogP contribution in [-0.2, 0) is 4.79 Å². The van der Waals surface area contributed by atoms with Crippen molar-refractivity contribution in [1.82, 2.24) is 4.90 Å². The van der Waals surface area contributed by atoms with Gasteiger partial charge in [0.25, 0.3) is 0 Å². The average Bonchev–Trinajstić information content (AvgIpc) is 2.04. The van der Waals surface area contributed by atoms with E-state index < -0.39 is 18.0 Å². The number of aliphatic hydroxyl groups is 1. The van der Waals surface area contributed by atoms with E-state index in [0.29, 0.717) is 19.0 Å². The summed E-state index contributed by atoms with van der Waals surface area (Å²) in [6.45, 7) is 5.34. The number of rotatable bonds is 2. The number of nitrogens with zero attached hydrogens (tertiary/aromatic N) is 1. The predicted molar refractivity (Wildman–Crippen MR) is 48.5 cm³/mol. The molecule has 0 aliphatic carbocycles. The molecular formula is C9H17NO3. The molecule has 1 aliphatic heterocycles. The Morgan fingerprint density at radius 3 is 2.62 bits per heavy atom. The van der Waals surface area contributed by atoms with Gasteiger partial charge in [0.05, 0.1) is 12.0 Å². The summed E-state index contributed by atoms with van der Waals surface area (Å²) in [6.07, 6.45) is -0.109. The first kappa shape index (κ1) is 10.5. The highest BCUT2D eigenvalue weighted by Gasteiger charge is 2.33. The molecule has 0 radical (unpaired) electrons. The number of aliphatic carboxylic acids is 1. The average molecular weight is 187 g/mol. The van der Waals surface area contributed by atoms with E-state index in [2.05, 4.69) is 4.90 Å². The second-order valence-electron chi connectivity index (χ2n) is 3.89. The highest BCUT2D eigenvalue weighted by Crippen LogP contribution is 2.19. The second-order valence-corrected chi connectivity index (χ2v) is 3.89. The van der Waals surface area contributed by atoms with Crippen LogP contribution < -0.4 is 0 Å². The Morgan fingerprint density at radius 2 is 2.15 bits per heavy atom. The highest BCUT2D eigenvalue weighted by molar-refractivity contribution is 5.71. The van der Waals surface area contributed by atoms with Crippen LogP contribution in [0.1, 0.15) is 20.3 Å². The van der Waals surface area contributed by atoms with Gasteiger partial charge in [-0.2, -0.15) is 0 Å². The molecule has 4 heteroatoms. The van der Waals surface area contributed by atoms with Crippen molar-refractivity contribution in [2.45, 2.75) is 32.4 Å². The number of carboxylic acids is 1. The van der Waals surface area contributed by atoms with E-state index in [4.69, 9.17) is 5.11 Å². The number of piperidine rings is 1. The topological polar surface area (TPSA) is 60.8 Å². The number of aliphatic hydroxyl groups excluding tert-OH is 1. The fourth-order valence-corrected chi connectivity index (χ4v) is 1.68. The molecule has 1 fully saturated rings. The molecule has 0 aromatic heterocycles. The number of hydrogen-bond acceptors (Lipinski definition) is 3. The zero-order valence-corrected chi connectivity index (χ0v) is 8.10. The molecule has 2 atom stereocenters. The lowest BCUT2D eigenvalue weighted by Gasteiger charge is -2.36. The summed E-state index contributed by atoms with van der Waals surface area (Å²) in [5, 5.41) is 18.3. The molecule has 0 bridgehead atoms. The number of likely N-dealkylation sites (tertiary alicyclic amines) is 1. The molecular weight excluding hydrogens is 170 g/mol. The lowest BCUT2D eigenvalue weighted by atomic mass is 9.94. The van der Waals surface area contributed by atoms with E-state index in [1.807, 2.05) is 13.8 Å². The third kappa shape index (κ3) is 2.42. The smallest absolute Gasteiger partial charge is 0.310 e. The van der Waals surface area contributed by atoms with E-state index in [-0.39, 0.29) is 0 Å². The monoisotopic (exact) mass is 187 g/mol. The molecule has 1 heterocycles. The Bertz CT molecular complexity index is 193. The minimum atomic E-state index is -0.891. The molecule has 4 nitrogen and oxygen atoms in total. The summed E-state index contributed by atoms with van der Waals surface area (Å²) in [5.41, 5.74) is 0. The summed E-state index contributed by atoms with van der Waals surface area (Å²) in [5.74, 6) is -1.51. The Hall–Kier alpha value is -0.610. The number of carboxylic acid groups (broad SMARTS) is 1. The van der Waals surface area contributed by atoms with Gasteiger partial charge in [0.1, 0.15) is 0 Å². The van der Waals surface area contributed by atoms with Gasteiger partial charge in [-0.25, -0.2) is 0 Å². The molecule has 0 amide bonds. The van der Waals surface area contributed by atoms with Crippen molar-refractivity contribution >= 4 is 5.97 Å². The summed E-state index contributed by atoms with van der Waals surface area (Å²) >= 11 is 0. The standard InChI is InChI=1S/C9H17NO3/c1-6(2)10-4-3-8(11)7(5-10)9(12)13/h6-8,11H,3-5H2,1-2H3,(H,12,13)/t7-,8-/m1/s1. The molecule has 2 N–H and O–H groups in total. The first-order chi connectivity index (χ1) is 6.02. The molecule has 76 valence electrons. The molecule has 1 saturated heterocycles. The maximum absolute atomic E-state index is 10.7. The van der Waals surface area contributed by atoms with Gasteiger partial charge >= 0.3 is 5.97 Å². The van der Waals surface area contributed by atoms with Gasteiger partial charge in [-0.05, 0) is 20.3 Å². The van der Waals surface area contributed by atoms with Gasteiger partial charge in [0.15, 0.2) is 0 Å². The van der Waals surface area contributed by atoms with Crippen molar-refractivity contribution in [2.24, 2.45) is 5.92 Å². The molecule has 0 unspecified atom stereocenters. The molecule has 0 spiro atoms. The predicted octanol–water partition coefficient (Wildman–Crippen LogP) is 0.162. The summed E-state index contributed by atoms with van der Waals surface area (Å²) in [6, 6.07) is 0.356. The van der Waals surface area contributed by atoms with Crippen molar-refractivity contribution in [3.8, 4) is 0 Å². The first-order valence-corrected chi connectivity index (χ1v) is 4.67. The maximum Gasteiger partial charge on any atom is 0.310 e. The lowest BCUT2D eigenvalue weighted by molar-refractivity contribution is -0.149. The molecule has 1 aliphatic rings. The van der Waals surface area contributed by atoms with Crippen LogP contribution in [-0.4, -0.2) is 46.3 Å². The van der Waals surface area contributed by atoms with Crippen LogP contribution in [0, 0.1) is 5.92 Å². The van der Waals surface area contributed by atoms with E-state index in [9.17, 15) is 9.90 Å². The first-order valence-electron chi connectivity index (χ1n) is 4.67. The van der Waals surface area contributed by atoms with E-state index in [1.54, 1.807) is 0 Å². The van der Waals surface area contributed by atoms with Crippen molar-refractivity contribution in [3.63, 3.8) is 0 Å². The van der Waals surface area contributed by atoms with Crippen LogP contribution in [0.25, 0.3) is 0 Å². The van der Waals surface area contributed by atoms with E-state index in [0.717, 1.165) is 6.54 Å². The second kappa shape index (κ2) is 4.07. The molecule has 0 aromatic carbocycles. The lowest BCUT2D eigenvalue weighted by Crippen LogP contribution is -2.48. The minimum absolute atomic E-state index is 0.356. The van der Waals surface area contributed by atoms with Crippen molar-refractivity contribution < 1.29 is 15.0 Å². The Kier molecular flexibility index (Phi) is 3.27. The fraction of sp³-hybridized carbons (Fsp3) is 0.889. The largest absolute Gasteiger partial charge is 0.481 e. The molecule has 13 heavy (non-hydrogen) atoms. The number of carbonyl (C=O) groups is 1. The zero-order valence-electron chi connectivity index (χ0n) is 8.10. The quantitative estimate of drug-likeness (QED) is 0.646. The van der Waals surface area contributed by atoms with Crippen LogP contribution in [0.5, 0.6) is 0 Å². The van der Waals surface area contributed by atoms with Crippen molar-refractivity contribution in [2.75, 3.05) is 13.1 Å². The Labute approximate surface area is 78.2 Å². The van der Waals surface area contributed by atoms with Crippen molar-refractivity contribution in [3.05, 3.63) is 0 Å². The van der Waals surface area contributed by atoms with Gasteiger partial charge in [0, 0.05) is 19.1 Å². The maximum atomic E-state index is 10.7. The zero-order chi connectivity index (χ0) is 10.0. The third-order valence-electron chi connectivity index (χ3n) is 2.66. The van der Waals surface area contributed by atoms with E-state index >= 15 is 0 Å². The van der Waals surface area contributed by atoms with Gasteiger partial charge in [-0.1, -0.05) is 0 Å². The molecule has 0 aromatic rings. The number of hydrogen-bond donors (Lipinski definition) is 2. The van der Waals surface area contributed by atoms with Crippen LogP contribution in [0.2, 0.25) is 0 Å². The van der Waals surface area contributed by atoms with E-state index in [1.165, 1.54) is 0 Å². The third-order valence-corrected chi connectivity index (χ3v) is 2.66. The van der Waals surface area contributed by atoms with Crippen LogP contribution in [0.3, 0.4) is 0 Å². The summed E-state index contributed by atoms with van der Waals surface area (Å²) < 4.78 is 0. The van der Waals surface area contributed by atoms with Gasteiger partial charge in [-0.15, -0.1) is 0 Å². The summed E-state index contributed by atoms with van der Waals surface area (Å²) in [7, 11) is 0. The fourth-order valence-electron chi connectivity index (χ4n) is 1.68. The minimum Gasteiger partial charge on any atom is -0.481 e. The Morgan fingerprint density at radius 1 is 1.54 bits per heavy atom.